The SMILES string of the molecule is CC1CN(CC(O)COc2ccc3c4c(c(=O)oc3c2)CCC4)CC(C)O1.Cl. The Balaban J connectivity index is 0.00000225. The van der Waals surface area contributed by atoms with Gasteiger partial charge in [-0.2, -0.15) is 0 Å². The molecule has 0 amide bonds. The Labute approximate surface area is 170 Å². The quantitative estimate of drug-likeness (QED) is 0.765. The first-order chi connectivity index (χ1) is 13.0. The van der Waals surface area contributed by atoms with Gasteiger partial charge in [0, 0.05) is 36.7 Å². The van der Waals surface area contributed by atoms with Crippen molar-refractivity contribution in [3.05, 3.63) is 39.7 Å². The summed E-state index contributed by atoms with van der Waals surface area (Å²) in [7, 11) is 0. The lowest BCUT2D eigenvalue weighted by Crippen LogP contribution is -2.48. The summed E-state index contributed by atoms with van der Waals surface area (Å²) < 4.78 is 17.0. The van der Waals surface area contributed by atoms with E-state index in [-0.39, 0.29) is 36.8 Å². The van der Waals surface area contributed by atoms with Gasteiger partial charge in [0.1, 0.15) is 24.0 Å². The molecule has 1 aliphatic carbocycles. The van der Waals surface area contributed by atoms with Crippen molar-refractivity contribution < 1.29 is 19.0 Å². The van der Waals surface area contributed by atoms with Crippen molar-refractivity contribution in [3.63, 3.8) is 0 Å². The molecule has 0 bridgehead atoms. The van der Waals surface area contributed by atoms with Crippen LogP contribution in [0, 0.1) is 0 Å². The van der Waals surface area contributed by atoms with Crippen molar-refractivity contribution in [2.24, 2.45) is 0 Å². The summed E-state index contributed by atoms with van der Waals surface area (Å²) in [4.78, 5) is 14.3. The molecule has 1 saturated heterocycles. The van der Waals surface area contributed by atoms with Crippen LogP contribution >= 0.6 is 12.4 Å². The summed E-state index contributed by atoms with van der Waals surface area (Å²) in [5.74, 6) is 0.603. The second kappa shape index (κ2) is 8.82. The van der Waals surface area contributed by atoms with Gasteiger partial charge in [-0.25, -0.2) is 4.79 Å². The van der Waals surface area contributed by atoms with E-state index >= 15 is 0 Å². The van der Waals surface area contributed by atoms with Crippen LogP contribution in [-0.4, -0.2) is 54.6 Å². The molecule has 1 N–H and O–H groups in total. The first kappa shape index (κ1) is 21.1. The van der Waals surface area contributed by atoms with Gasteiger partial charge in [0.15, 0.2) is 0 Å². The maximum absolute atomic E-state index is 12.1. The first-order valence-corrected chi connectivity index (χ1v) is 9.77. The van der Waals surface area contributed by atoms with Gasteiger partial charge in [0.25, 0.3) is 0 Å². The van der Waals surface area contributed by atoms with E-state index in [1.165, 1.54) is 0 Å². The van der Waals surface area contributed by atoms with Gasteiger partial charge in [-0.05, 0) is 50.8 Å². The third-order valence-corrected chi connectivity index (χ3v) is 5.35. The molecule has 2 aromatic rings. The highest BCUT2D eigenvalue weighted by atomic mass is 35.5. The van der Waals surface area contributed by atoms with Gasteiger partial charge < -0.3 is 19.0 Å². The summed E-state index contributed by atoms with van der Waals surface area (Å²) in [6.07, 6.45) is 2.48. The highest BCUT2D eigenvalue weighted by molar-refractivity contribution is 5.85. The van der Waals surface area contributed by atoms with Gasteiger partial charge in [-0.15, -0.1) is 12.4 Å². The van der Waals surface area contributed by atoms with E-state index in [0.29, 0.717) is 17.9 Å². The Morgan fingerprint density at radius 1 is 1.21 bits per heavy atom. The minimum absolute atomic E-state index is 0. The molecule has 0 radical (unpaired) electrons. The summed E-state index contributed by atoms with van der Waals surface area (Å²) >= 11 is 0. The zero-order valence-corrected chi connectivity index (χ0v) is 17.2. The molecule has 7 heteroatoms. The maximum atomic E-state index is 12.1. The van der Waals surface area contributed by atoms with Gasteiger partial charge in [-0.3, -0.25) is 4.90 Å². The Hall–Kier alpha value is -1.60. The number of hydrogen-bond acceptors (Lipinski definition) is 6. The molecular formula is C21H28ClNO5. The van der Waals surface area contributed by atoms with E-state index in [0.717, 1.165) is 48.9 Å². The van der Waals surface area contributed by atoms with E-state index in [1.807, 2.05) is 26.0 Å². The number of halogens is 1. The smallest absolute Gasteiger partial charge is 0.339 e. The highest BCUT2D eigenvalue weighted by Gasteiger charge is 2.24. The highest BCUT2D eigenvalue weighted by Crippen LogP contribution is 2.29. The Bertz CT molecular complexity index is 873. The number of aryl methyl sites for hydroxylation is 1. The number of β-amino-alcohol motifs (C(OH)–C–C–N with tert-alkyl or cyclic N) is 1. The molecule has 2 aliphatic rings. The predicted molar refractivity (Wildman–Crippen MR) is 110 cm³/mol. The molecule has 0 saturated carbocycles. The molecule has 0 spiro atoms. The monoisotopic (exact) mass is 409 g/mol. The summed E-state index contributed by atoms with van der Waals surface area (Å²) in [5.41, 5.74) is 2.26. The number of nitrogens with zero attached hydrogens (tertiary/aromatic N) is 1. The average molecular weight is 410 g/mol. The van der Waals surface area contributed by atoms with Crippen LogP contribution in [0.4, 0.5) is 0 Å². The standard InChI is InChI=1S/C21H27NO5.ClH/c1-13-9-22(10-14(2)26-13)11-15(23)12-25-16-6-7-18-17-4-3-5-19(17)21(24)27-20(18)8-16;/h6-8,13-15,23H,3-5,9-12H2,1-2H3;1H. The number of ether oxygens (including phenoxy) is 2. The van der Waals surface area contributed by atoms with Crippen LogP contribution in [0.25, 0.3) is 11.0 Å². The number of rotatable bonds is 5. The zero-order valence-electron chi connectivity index (χ0n) is 16.3. The summed E-state index contributed by atoms with van der Waals surface area (Å²) in [5, 5.41) is 11.3. The number of morpholine rings is 1. The molecular weight excluding hydrogens is 382 g/mol. The topological polar surface area (TPSA) is 72.1 Å². The van der Waals surface area contributed by atoms with Crippen LogP contribution < -0.4 is 10.4 Å². The maximum Gasteiger partial charge on any atom is 0.339 e. The fraction of sp³-hybridized carbons (Fsp3) is 0.571. The number of aliphatic hydroxyl groups is 1. The average Bonchev–Trinajstić information content (AvgIpc) is 3.09. The lowest BCUT2D eigenvalue weighted by atomic mass is 10.1. The van der Waals surface area contributed by atoms with E-state index < -0.39 is 6.10 Å². The number of hydrogen-bond donors (Lipinski definition) is 1. The van der Waals surface area contributed by atoms with E-state index in [9.17, 15) is 9.90 Å². The molecule has 1 fully saturated rings. The van der Waals surface area contributed by atoms with Crippen LogP contribution in [-0.2, 0) is 17.6 Å². The van der Waals surface area contributed by atoms with Crippen molar-refractivity contribution in [2.45, 2.75) is 51.4 Å². The fourth-order valence-corrected chi connectivity index (χ4v) is 4.33. The largest absolute Gasteiger partial charge is 0.491 e. The van der Waals surface area contributed by atoms with Crippen LogP contribution in [0.15, 0.2) is 27.4 Å². The second-order valence-electron chi connectivity index (χ2n) is 7.80. The summed E-state index contributed by atoms with van der Waals surface area (Å²) in [6, 6.07) is 5.59. The predicted octanol–water partition coefficient (Wildman–Crippen LogP) is 2.55. The van der Waals surface area contributed by atoms with Gasteiger partial charge in [-0.1, -0.05) is 0 Å². The minimum atomic E-state index is -0.592. The molecule has 4 rings (SSSR count). The molecule has 28 heavy (non-hydrogen) atoms. The van der Waals surface area contributed by atoms with Crippen LogP contribution in [0.3, 0.4) is 0 Å². The Kier molecular flexibility index (Phi) is 6.65. The van der Waals surface area contributed by atoms with Crippen molar-refractivity contribution >= 4 is 23.4 Å². The molecule has 1 aliphatic heterocycles. The zero-order chi connectivity index (χ0) is 19.0. The molecule has 1 aromatic carbocycles. The Morgan fingerprint density at radius 2 is 1.93 bits per heavy atom. The Morgan fingerprint density at radius 3 is 2.68 bits per heavy atom. The summed E-state index contributed by atoms with van der Waals surface area (Å²) in [6.45, 7) is 6.46. The number of fused-ring (bicyclic) bond motifs is 3. The number of benzene rings is 1. The lowest BCUT2D eigenvalue weighted by Gasteiger charge is -2.36. The normalized spacial score (nSPS) is 23.2. The minimum Gasteiger partial charge on any atom is -0.491 e. The molecule has 6 nitrogen and oxygen atoms in total. The third-order valence-electron chi connectivity index (χ3n) is 5.35. The lowest BCUT2D eigenvalue weighted by molar-refractivity contribution is -0.0786. The molecule has 2 heterocycles. The van der Waals surface area contributed by atoms with Crippen molar-refractivity contribution in [3.8, 4) is 5.75 Å². The van der Waals surface area contributed by atoms with E-state index in [2.05, 4.69) is 4.90 Å². The van der Waals surface area contributed by atoms with Crippen molar-refractivity contribution in [1.29, 1.82) is 0 Å². The van der Waals surface area contributed by atoms with Crippen LogP contribution in [0.5, 0.6) is 5.75 Å². The first-order valence-electron chi connectivity index (χ1n) is 9.77. The molecule has 3 unspecified atom stereocenters. The second-order valence-corrected chi connectivity index (χ2v) is 7.80. The molecule has 154 valence electrons. The van der Waals surface area contributed by atoms with Gasteiger partial charge in [0.05, 0.1) is 12.2 Å². The van der Waals surface area contributed by atoms with E-state index in [4.69, 9.17) is 13.9 Å². The van der Waals surface area contributed by atoms with Gasteiger partial charge in [0.2, 0.25) is 0 Å². The third kappa shape index (κ3) is 4.51. The molecule has 1 aromatic heterocycles. The van der Waals surface area contributed by atoms with E-state index in [1.54, 1.807) is 6.07 Å². The van der Waals surface area contributed by atoms with Crippen LogP contribution in [0.1, 0.15) is 31.4 Å². The van der Waals surface area contributed by atoms with Gasteiger partial charge >= 0.3 is 5.63 Å². The number of aliphatic hydroxyl groups excluding tert-OH is 1. The van der Waals surface area contributed by atoms with Crippen molar-refractivity contribution in [1.82, 2.24) is 4.90 Å². The fourth-order valence-electron chi connectivity index (χ4n) is 4.33. The molecule has 3 atom stereocenters. The van der Waals surface area contributed by atoms with Crippen LogP contribution in [0.2, 0.25) is 0 Å². The van der Waals surface area contributed by atoms with Crippen molar-refractivity contribution in [2.75, 3.05) is 26.2 Å².